The number of hydrogen-bond donors (Lipinski definition) is 1. The van der Waals surface area contributed by atoms with E-state index in [-0.39, 0.29) is 47.0 Å². The average Bonchev–Trinajstić information content (AvgIpc) is 3.39. The van der Waals surface area contributed by atoms with E-state index in [1.165, 1.54) is 4.90 Å². The smallest absolute Gasteiger partial charge is 0.257 e. The Morgan fingerprint density at radius 3 is 2.34 bits per heavy atom. The van der Waals surface area contributed by atoms with Crippen molar-refractivity contribution in [3.63, 3.8) is 0 Å². The summed E-state index contributed by atoms with van der Waals surface area (Å²) in [5, 5.41) is 3.41. The fourth-order valence-corrected chi connectivity index (χ4v) is 5.11. The number of benzene rings is 2. The van der Waals surface area contributed by atoms with Gasteiger partial charge in [-0.25, -0.2) is 4.90 Å². The fraction of sp³-hybridized carbons (Fsp3) is 0.261. The summed E-state index contributed by atoms with van der Waals surface area (Å²) in [7, 11) is 0. The van der Waals surface area contributed by atoms with Gasteiger partial charge in [0.2, 0.25) is 11.8 Å². The Balaban J connectivity index is 1.49. The van der Waals surface area contributed by atoms with Crippen LogP contribution in [0.4, 0.5) is 11.4 Å². The monoisotopic (exact) mass is 406 g/mol. The zero-order valence-electron chi connectivity index (χ0n) is 15.8. The molecule has 5 nitrogen and oxygen atoms in total. The maximum atomic E-state index is 13.1. The van der Waals surface area contributed by atoms with E-state index in [9.17, 15) is 14.4 Å². The van der Waals surface area contributed by atoms with E-state index in [1.54, 1.807) is 42.5 Å². The van der Waals surface area contributed by atoms with E-state index in [2.05, 4.69) is 17.5 Å². The van der Waals surface area contributed by atoms with Crippen LogP contribution in [0.25, 0.3) is 0 Å². The van der Waals surface area contributed by atoms with Crippen LogP contribution in [-0.4, -0.2) is 17.7 Å². The predicted molar refractivity (Wildman–Crippen MR) is 111 cm³/mol. The number of amides is 3. The fourth-order valence-electron chi connectivity index (χ4n) is 4.93. The van der Waals surface area contributed by atoms with Crippen LogP contribution in [-0.2, 0) is 9.59 Å². The number of allylic oxidation sites excluding steroid dienone is 2. The molecule has 5 rings (SSSR count). The molecule has 1 heterocycles. The Kier molecular flexibility index (Phi) is 4.10. The van der Waals surface area contributed by atoms with E-state index in [4.69, 9.17) is 11.6 Å². The summed E-state index contributed by atoms with van der Waals surface area (Å²) in [5.41, 5.74) is 1.98. The van der Waals surface area contributed by atoms with Crippen LogP contribution in [0.5, 0.6) is 0 Å². The lowest BCUT2D eigenvalue weighted by molar-refractivity contribution is -0.123. The number of carbonyl (C=O) groups excluding carboxylic acids is 3. The maximum Gasteiger partial charge on any atom is 0.257 e. The summed E-state index contributed by atoms with van der Waals surface area (Å²) < 4.78 is 0. The van der Waals surface area contributed by atoms with Gasteiger partial charge in [-0.1, -0.05) is 42.0 Å². The highest BCUT2D eigenvalue weighted by Gasteiger charge is 2.59. The highest BCUT2D eigenvalue weighted by atomic mass is 35.5. The lowest BCUT2D eigenvalue weighted by Crippen LogP contribution is -2.34. The highest BCUT2D eigenvalue weighted by Crippen LogP contribution is 2.53. The van der Waals surface area contributed by atoms with Gasteiger partial charge in [-0.2, -0.15) is 0 Å². The van der Waals surface area contributed by atoms with E-state index >= 15 is 0 Å². The molecule has 29 heavy (non-hydrogen) atoms. The third-order valence-corrected chi connectivity index (χ3v) is 6.79. The SMILES string of the molecule is Cc1c(Cl)cccc1NC(=O)c1ccccc1N1C(=O)[C@@H]2[C@H](C1=O)[C@@H]1C=C[C@H]2C1. The summed E-state index contributed by atoms with van der Waals surface area (Å²) in [5.74, 6) is -1.13. The molecule has 0 radical (unpaired) electrons. The van der Waals surface area contributed by atoms with Crippen molar-refractivity contribution in [2.45, 2.75) is 13.3 Å². The number of imide groups is 1. The zero-order chi connectivity index (χ0) is 20.3. The number of carbonyl (C=O) groups is 3. The maximum absolute atomic E-state index is 13.1. The molecular weight excluding hydrogens is 388 g/mol. The molecule has 2 bridgehead atoms. The summed E-state index contributed by atoms with van der Waals surface area (Å²) in [4.78, 5) is 40.5. The summed E-state index contributed by atoms with van der Waals surface area (Å²) in [6.07, 6.45) is 4.99. The molecule has 2 aromatic rings. The molecule has 3 amide bonds. The van der Waals surface area contributed by atoms with Crippen molar-refractivity contribution in [3.8, 4) is 0 Å². The first-order valence-corrected chi connectivity index (χ1v) is 10.1. The van der Waals surface area contributed by atoms with Crippen molar-refractivity contribution in [1.82, 2.24) is 0 Å². The van der Waals surface area contributed by atoms with Gasteiger partial charge in [-0.3, -0.25) is 14.4 Å². The first-order chi connectivity index (χ1) is 14.0. The third kappa shape index (κ3) is 2.64. The van der Waals surface area contributed by atoms with Gasteiger partial charge in [-0.05, 0) is 55.0 Å². The lowest BCUT2D eigenvalue weighted by Gasteiger charge is -2.20. The molecule has 1 aliphatic heterocycles. The van der Waals surface area contributed by atoms with Gasteiger partial charge < -0.3 is 5.32 Å². The lowest BCUT2D eigenvalue weighted by atomic mass is 9.85. The van der Waals surface area contributed by atoms with Crippen LogP contribution in [0.15, 0.2) is 54.6 Å². The van der Waals surface area contributed by atoms with Crippen LogP contribution in [0.3, 0.4) is 0 Å². The van der Waals surface area contributed by atoms with Crippen LogP contribution in [0.1, 0.15) is 22.3 Å². The van der Waals surface area contributed by atoms with Gasteiger partial charge in [-0.15, -0.1) is 0 Å². The van der Waals surface area contributed by atoms with Crippen LogP contribution in [0.2, 0.25) is 5.02 Å². The van der Waals surface area contributed by atoms with Crippen molar-refractivity contribution in [1.29, 1.82) is 0 Å². The molecular formula is C23H19ClN2O3. The highest BCUT2D eigenvalue weighted by molar-refractivity contribution is 6.32. The van der Waals surface area contributed by atoms with Crippen molar-refractivity contribution < 1.29 is 14.4 Å². The first kappa shape index (κ1) is 18.1. The van der Waals surface area contributed by atoms with Gasteiger partial charge in [0.15, 0.2) is 0 Å². The van der Waals surface area contributed by atoms with Gasteiger partial charge in [0, 0.05) is 10.7 Å². The molecule has 3 aliphatic rings. The molecule has 1 N–H and O–H groups in total. The Labute approximate surface area is 173 Å². The quantitative estimate of drug-likeness (QED) is 0.613. The van der Waals surface area contributed by atoms with Crippen LogP contribution >= 0.6 is 11.6 Å². The van der Waals surface area contributed by atoms with Crippen LogP contribution < -0.4 is 10.2 Å². The number of para-hydroxylation sites is 1. The van der Waals surface area contributed by atoms with E-state index in [0.717, 1.165) is 12.0 Å². The Hall–Kier alpha value is -2.92. The Morgan fingerprint density at radius 1 is 1.00 bits per heavy atom. The largest absolute Gasteiger partial charge is 0.322 e. The molecule has 0 spiro atoms. The van der Waals surface area contributed by atoms with Gasteiger partial charge in [0.1, 0.15) is 0 Å². The van der Waals surface area contributed by atoms with E-state index in [1.807, 2.05) is 6.92 Å². The van der Waals surface area contributed by atoms with Gasteiger partial charge in [0.25, 0.3) is 5.91 Å². The number of rotatable bonds is 3. The number of hydrogen-bond acceptors (Lipinski definition) is 3. The summed E-state index contributed by atoms with van der Waals surface area (Å²) in [6.45, 7) is 1.82. The topological polar surface area (TPSA) is 66.5 Å². The van der Waals surface area contributed by atoms with Crippen molar-refractivity contribution in [2.24, 2.45) is 23.7 Å². The van der Waals surface area contributed by atoms with Crippen LogP contribution in [0, 0.1) is 30.6 Å². The minimum absolute atomic E-state index is 0.126. The van der Waals surface area contributed by atoms with Crippen molar-refractivity contribution in [2.75, 3.05) is 10.2 Å². The molecule has 0 aromatic heterocycles. The van der Waals surface area contributed by atoms with Crippen molar-refractivity contribution in [3.05, 3.63) is 70.8 Å². The molecule has 2 aliphatic carbocycles. The molecule has 2 fully saturated rings. The predicted octanol–water partition coefficient (Wildman–Crippen LogP) is 4.21. The van der Waals surface area contributed by atoms with E-state index in [0.29, 0.717) is 16.4 Å². The third-order valence-electron chi connectivity index (χ3n) is 6.38. The Bertz CT molecular complexity index is 1060. The molecule has 1 saturated carbocycles. The second kappa shape index (κ2) is 6.56. The standard InChI is InChI=1S/C23H19ClN2O3/c1-12-16(24)6-4-7-17(12)25-21(27)15-5-2-3-8-18(15)26-22(28)19-13-9-10-14(11-13)20(19)23(26)29/h2-10,13-14,19-20H,11H2,1H3,(H,25,27)/t13-,14+,19-,20+. The second-order valence-corrected chi connectivity index (χ2v) is 8.30. The number of nitrogens with zero attached hydrogens (tertiary/aromatic N) is 1. The molecule has 146 valence electrons. The second-order valence-electron chi connectivity index (χ2n) is 7.90. The zero-order valence-corrected chi connectivity index (χ0v) is 16.5. The number of fused-ring (bicyclic) bond motifs is 5. The summed E-state index contributed by atoms with van der Waals surface area (Å²) in [6, 6.07) is 12.0. The molecule has 0 unspecified atom stereocenters. The molecule has 1 saturated heterocycles. The molecule has 6 heteroatoms. The van der Waals surface area contributed by atoms with Gasteiger partial charge >= 0.3 is 0 Å². The average molecular weight is 407 g/mol. The van der Waals surface area contributed by atoms with E-state index < -0.39 is 0 Å². The van der Waals surface area contributed by atoms with Gasteiger partial charge in [0.05, 0.1) is 23.1 Å². The number of nitrogens with one attached hydrogen (secondary N) is 1. The normalized spacial score (nSPS) is 26.9. The molecule has 2 aromatic carbocycles. The first-order valence-electron chi connectivity index (χ1n) is 9.69. The Morgan fingerprint density at radius 2 is 1.66 bits per heavy atom. The minimum Gasteiger partial charge on any atom is -0.322 e. The van der Waals surface area contributed by atoms with Crippen molar-refractivity contribution >= 4 is 40.7 Å². The summed E-state index contributed by atoms with van der Waals surface area (Å²) >= 11 is 6.15. The molecule has 4 atom stereocenters. The number of halogens is 1. The minimum atomic E-state index is -0.385. The number of anilines is 2.